The Morgan fingerprint density at radius 3 is 2.90 bits per heavy atom. The molecule has 1 aliphatic rings. The number of aromatic nitrogens is 2. The van der Waals surface area contributed by atoms with Gasteiger partial charge >= 0.3 is 0 Å². The Hall–Kier alpha value is -2.29. The van der Waals surface area contributed by atoms with E-state index in [-0.39, 0.29) is 0 Å². The first-order valence-corrected chi connectivity index (χ1v) is 7.05. The number of anilines is 1. The van der Waals surface area contributed by atoms with E-state index in [0.29, 0.717) is 0 Å². The molecular formula is C17H17N3. The summed E-state index contributed by atoms with van der Waals surface area (Å²) in [5.41, 5.74) is 13.5. The molecule has 0 spiro atoms. The first-order chi connectivity index (χ1) is 9.75. The number of nitrogens with two attached hydrogens (primary N) is 1. The van der Waals surface area contributed by atoms with Crippen molar-refractivity contribution in [1.29, 1.82) is 0 Å². The average molecular weight is 263 g/mol. The quantitative estimate of drug-likeness (QED) is 0.684. The van der Waals surface area contributed by atoms with Gasteiger partial charge in [0.15, 0.2) is 0 Å². The highest BCUT2D eigenvalue weighted by Gasteiger charge is 2.18. The third-order valence-electron chi connectivity index (χ3n) is 4.43. The Morgan fingerprint density at radius 1 is 1.10 bits per heavy atom. The molecule has 0 saturated heterocycles. The van der Waals surface area contributed by atoms with Crippen molar-refractivity contribution in [1.82, 2.24) is 9.55 Å². The van der Waals surface area contributed by atoms with Crippen LogP contribution in [0.4, 0.5) is 5.69 Å². The standard InChI is InChI=1S/C17H17N3/c1-20-8-7-13-15(9-19-10-16(13)20)14-6-5-11-3-2-4-12(11)17(14)18/h5-10H,2-4,18H2,1H3. The maximum absolute atomic E-state index is 6.43. The zero-order chi connectivity index (χ0) is 13.7. The van der Waals surface area contributed by atoms with Crippen molar-refractivity contribution in [3.63, 3.8) is 0 Å². The van der Waals surface area contributed by atoms with E-state index in [4.69, 9.17) is 5.73 Å². The molecule has 0 amide bonds. The molecule has 3 heteroatoms. The Balaban J connectivity index is 2.00. The molecule has 1 aliphatic carbocycles. The third kappa shape index (κ3) is 1.49. The van der Waals surface area contributed by atoms with Gasteiger partial charge in [-0.05, 0) is 36.5 Å². The van der Waals surface area contributed by atoms with Gasteiger partial charge in [-0.3, -0.25) is 4.98 Å². The first-order valence-electron chi connectivity index (χ1n) is 7.05. The fraction of sp³-hybridized carbons (Fsp3) is 0.235. The molecule has 3 nitrogen and oxygen atoms in total. The number of nitrogen functional groups attached to an aromatic ring is 1. The Morgan fingerprint density at radius 2 is 2.00 bits per heavy atom. The van der Waals surface area contributed by atoms with Gasteiger partial charge in [-0.15, -0.1) is 0 Å². The molecule has 3 aromatic rings. The summed E-state index contributed by atoms with van der Waals surface area (Å²) in [4.78, 5) is 4.38. The third-order valence-corrected chi connectivity index (χ3v) is 4.43. The molecule has 0 fully saturated rings. The van der Waals surface area contributed by atoms with E-state index in [1.54, 1.807) is 0 Å². The van der Waals surface area contributed by atoms with Gasteiger partial charge in [0.05, 0.1) is 11.7 Å². The van der Waals surface area contributed by atoms with Gasteiger partial charge in [-0.2, -0.15) is 0 Å². The van der Waals surface area contributed by atoms with Gasteiger partial charge in [0.1, 0.15) is 0 Å². The van der Waals surface area contributed by atoms with E-state index in [0.717, 1.165) is 35.2 Å². The monoisotopic (exact) mass is 263 g/mol. The highest BCUT2D eigenvalue weighted by molar-refractivity contribution is 5.98. The fourth-order valence-electron chi connectivity index (χ4n) is 3.33. The van der Waals surface area contributed by atoms with E-state index in [1.165, 1.54) is 22.9 Å². The summed E-state index contributed by atoms with van der Waals surface area (Å²) in [6.45, 7) is 0. The van der Waals surface area contributed by atoms with Gasteiger partial charge < -0.3 is 10.3 Å². The lowest BCUT2D eigenvalue weighted by atomic mass is 9.97. The maximum atomic E-state index is 6.43. The Kier molecular flexibility index (Phi) is 2.36. The summed E-state index contributed by atoms with van der Waals surface area (Å²) < 4.78 is 2.09. The molecule has 2 N–H and O–H groups in total. The minimum Gasteiger partial charge on any atom is -0.398 e. The number of hydrogen-bond acceptors (Lipinski definition) is 2. The second-order valence-corrected chi connectivity index (χ2v) is 5.56. The van der Waals surface area contributed by atoms with Gasteiger partial charge in [-0.1, -0.05) is 12.1 Å². The fourth-order valence-corrected chi connectivity index (χ4v) is 3.33. The van der Waals surface area contributed by atoms with Crippen molar-refractivity contribution in [3.05, 3.63) is 47.9 Å². The maximum Gasteiger partial charge on any atom is 0.0670 e. The van der Waals surface area contributed by atoms with Crippen LogP contribution in [-0.2, 0) is 19.9 Å². The van der Waals surface area contributed by atoms with Crippen molar-refractivity contribution in [2.75, 3.05) is 5.73 Å². The van der Waals surface area contributed by atoms with Crippen LogP contribution in [0.3, 0.4) is 0 Å². The van der Waals surface area contributed by atoms with Crippen molar-refractivity contribution < 1.29 is 0 Å². The second kappa shape index (κ2) is 4.10. The van der Waals surface area contributed by atoms with Gasteiger partial charge in [0, 0.05) is 41.6 Å². The number of aryl methyl sites for hydroxylation is 2. The summed E-state index contributed by atoms with van der Waals surface area (Å²) in [6.07, 6.45) is 9.38. The van der Waals surface area contributed by atoms with E-state index in [9.17, 15) is 0 Å². The summed E-state index contributed by atoms with van der Waals surface area (Å²) in [6, 6.07) is 6.53. The van der Waals surface area contributed by atoms with E-state index in [2.05, 4.69) is 33.9 Å². The van der Waals surface area contributed by atoms with E-state index in [1.807, 2.05) is 19.4 Å². The predicted octanol–water partition coefficient (Wildman–Crippen LogP) is 3.31. The van der Waals surface area contributed by atoms with Crippen molar-refractivity contribution in [2.24, 2.45) is 7.05 Å². The Labute approximate surface area is 118 Å². The number of benzene rings is 1. The van der Waals surface area contributed by atoms with Gasteiger partial charge in [0.2, 0.25) is 0 Å². The van der Waals surface area contributed by atoms with Gasteiger partial charge in [-0.25, -0.2) is 0 Å². The minimum atomic E-state index is 0.943. The smallest absolute Gasteiger partial charge is 0.0670 e. The van der Waals surface area contributed by atoms with Crippen LogP contribution in [0.1, 0.15) is 17.5 Å². The largest absolute Gasteiger partial charge is 0.398 e. The van der Waals surface area contributed by atoms with Crippen LogP contribution < -0.4 is 5.73 Å². The molecule has 0 radical (unpaired) electrons. The molecule has 2 heterocycles. The topological polar surface area (TPSA) is 43.8 Å². The zero-order valence-electron chi connectivity index (χ0n) is 11.6. The lowest BCUT2D eigenvalue weighted by Crippen LogP contribution is -1.97. The normalized spacial score (nSPS) is 13.8. The zero-order valence-corrected chi connectivity index (χ0v) is 11.6. The number of pyridine rings is 1. The van der Waals surface area contributed by atoms with Crippen LogP contribution in [0.15, 0.2) is 36.8 Å². The molecule has 20 heavy (non-hydrogen) atoms. The molecule has 0 aliphatic heterocycles. The number of nitrogens with zero attached hydrogens (tertiary/aromatic N) is 2. The average Bonchev–Trinajstić information content (AvgIpc) is 3.07. The molecule has 100 valence electrons. The van der Waals surface area contributed by atoms with Crippen molar-refractivity contribution in [3.8, 4) is 11.1 Å². The van der Waals surface area contributed by atoms with E-state index >= 15 is 0 Å². The molecule has 0 saturated carbocycles. The second-order valence-electron chi connectivity index (χ2n) is 5.56. The van der Waals surface area contributed by atoms with Crippen LogP contribution in [0.5, 0.6) is 0 Å². The summed E-state index contributed by atoms with van der Waals surface area (Å²) in [5, 5.41) is 1.21. The minimum absolute atomic E-state index is 0.943. The number of rotatable bonds is 1. The highest BCUT2D eigenvalue weighted by Crippen LogP contribution is 2.37. The van der Waals surface area contributed by atoms with Crippen LogP contribution in [0.2, 0.25) is 0 Å². The van der Waals surface area contributed by atoms with Gasteiger partial charge in [0.25, 0.3) is 0 Å². The SMILES string of the molecule is Cn1ccc2c(-c3ccc4c(c3N)CCC4)cncc21. The molecule has 0 atom stereocenters. The highest BCUT2D eigenvalue weighted by atomic mass is 14.9. The molecule has 4 rings (SSSR count). The number of hydrogen-bond donors (Lipinski definition) is 1. The summed E-state index contributed by atoms with van der Waals surface area (Å²) in [7, 11) is 2.04. The van der Waals surface area contributed by atoms with E-state index < -0.39 is 0 Å². The summed E-state index contributed by atoms with van der Waals surface area (Å²) in [5.74, 6) is 0. The predicted molar refractivity (Wildman–Crippen MR) is 82.6 cm³/mol. The van der Waals surface area contributed by atoms with Crippen molar-refractivity contribution >= 4 is 16.6 Å². The van der Waals surface area contributed by atoms with Crippen LogP contribution >= 0.6 is 0 Å². The Bertz CT molecular complexity index is 814. The van der Waals surface area contributed by atoms with Crippen molar-refractivity contribution in [2.45, 2.75) is 19.3 Å². The number of fused-ring (bicyclic) bond motifs is 2. The van der Waals surface area contributed by atoms with Crippen LogP contribution in [-0.4, -0.2) is 9.55 Å². The first kappa shape index (κ1) is 11.5. The van der Waals surface area contributed by atoms with Crippen LogP contribution in [0.25, 0.3) is 22.0 Å². The molecule has 1 aromatic carbocycles. The molecule has 2 aromatic heterocycles. The lowest BCUT2D eigenvalue weighted by molar-refractivity contribution is 0.912. The van der Waals surface area contributed by atoms with Crippen LogP contribution in [0, 0.1) is 0 Å². The molecule has 0 unspecified atom stereocenters. The molecule has 0 bridgehead atoms. The lowest BCUT2D eigenvalue weighted by Gasteiger charge is -2.12. The summed E-state index contributed by atoms with van der Waals surface area (Å²) >= 11 is 0. The molecular weight excluding hydrogens is 246 g/mol.